The van der Waals surface area contributed by atoms with Crippen molar-refractivity contribution in [1.82, 2.24) is 0 Å². The number of alkyl halides is 6. The van der Waals surface area contributed by atoms with Crippen LogP contribution in [-0.4, -0.2) is 12.7 Å². The zero-order valence-electron chi connectivity index (χ0n) is 25.7. The molecule has 248 valence electrons. The molecule has 14 heteroatoms. The van der Waals surface area contributed by atoms with Crippen LogP contribution in [0, 0.1) is 68.0 Å². The largest absolute Gasteiger partial charge is 0.573 e. The smallest absolute Gasteiger partial charge is 0.406 e. The van der Waals surface area contributed by atoms with Crippen LogP contribution in [0.1, 0.15) is 33.4 Å². The third kappa shape index (κ3) is 5.90. The zero-order chi connectivity index (χ0) is 37.5. The molecule has 4 aromatic rings. The van der Waals surface area contributed by atoms with Crippen molar-refractivity contribution in [1.29, 1.82) is 31.6 Å². The molecule has 0 unspecified atom stereocenters. The highest BCUT2D eigenvalue weighted by atomic mass is 19.4. The molecule has 0 spiro atoms. The number of rotatable bonds is 4. The lowest BCUT2D eigenvalue weighted by molar-refractivity contribution is -0.275. The Bertz CT molecular complexity index is 2460. The van der Waals surface area contributed by atoms with E-state index in [1.165, 1.54) is 12.1 Å². The molecule has 0 N–H and O–H groups in total. The Morgan fingerprint density at radius 1 is 0.462 bits per heavy atom. The van der Waals surface area contributed by atoms with Gasteiger partial charge in [0.15, 0.2) is 0 Å². The molecule has 0 saturated carbocycles. The van der Waals surface area contributed by atoms with Gasteiger partial charge in [-0.1, -0.05) is 24.3 Å². The molecule has 52 heavy (non-hydrogen) atoms. The summed E-state index contributed by atoms with van der Waals surface area (Å²) >= 11 is 0. The van der Waals surface area contributed by atoms with Gasteiger partial charge in [0.1, 0.15) is 59.1 Å². The fraction of sp³-hybridized carbons (Fsp3) is 0.0526. The molecule has 0 aliphatic heterocycles. The summed E-state index contributed by atoms with van der Waals surface area (Å²) in [6, 6.07) is 27.0. The normalized spacial score (nSPS) is 13.2. The number of allylic oxidation sites excluding steroid dienone is 8. The molecule has 0 bridgehead atoms. The highest BCUT2D eigenvalue weighted by molar-refractivity contribution is 6.27. The monoisotopic (exact) mass is 698 g/mol. The number of hydrogen-bond acceptors (Lipinski definition) is 8. The van der Waals surface area contributed by atoms with Crippen molar-refractivity contribution < 1.29 is 35.8 Å². The second-order valence-corrected chi connectivity index (χ2v) is 11.0. The van der Waals surface area contributed by atoms with E-state index in [-0.39, 0.29) is 55.7 Å². The molecule has 0 saturated heterocycles. The van der Waals surface area contributed by atoms with Crippen molar-refractivity contribution in [2.24, 2.45) is 0 Å². The molecule has 2 aliphatic rings. The number of ether oxygens (including phenoxy) is 2. The van der Waals surface area contributed by atoms with Gasteiger partial charge in [0.25, 0.3) is 0 Å². The zero-order valence-corrected chi connectivity index (χ0v) is 25.7. The number of nitriles is 6. The first-order valence-corrected chi connectivity index (χ1v) is 14.5. The molecule has 0 atom stereocenters. The molecule has 0 amide bonds. The van der Waals surface area contributed by atoms with E-state index >= 15 is 0 Å². The summed E-state index contributed by atoms with van der Waals surface area (Å²) in [5, 5.41) is 60.5. The molecular formula is C38H12F6N6O2. The average Bonchev–Trinajstić information content (AvgIpc) is 3.59. The van der Waals surface area contributed by atoms with Crippen molar-refractivity contribution in [3.8, 4) is 47.9 Å². The van der Waals surface area contributed by atoms with Gasteiger partial charge >= 0.3 is 12.7 Å². The number of halogens is 6. The average molecular weight is 699 g/mol. The van der Waals surface area contributed by atoms with Crippen LogP contribution in [0.25, 0.3) is 44.2 Å². The number of fused-ring (bicyclic) bond motifs is 3. The lowest BCUT2D eigenvalue weighted by atomic mass is 9.89. The lowest BCUT2D eigenvalue weighted by Gasteiger charge is -2.12. The van der Waals surface area contributed by atoms with Crippen LogP contribution in [0.4, 0.5) is 26.3 Å². The first kappa shape index (κ1) is 34.1. The van der Waals surface area contributed by atoms with Crippen LogP contribution < -0.4 is 9.47 Å². The van der Waals surface area contributed by atoms with Gasteiger partial charge in [0.2, 0.25) is 0 Å². The van der Waals surface area contributed by atoms with Crippen LogP contribution >= 0.6 is 0 Å². The summed E-state index contributed by atoms with van der Waals surface area (Å²) in [6.45, 7) is 0. The summed E-state index contributed by atoms with van der Waals surface area (Å²) in [4.78, 5) is 0. The first-order valence-electron chi connectivity index (χ1n) is 14.5. The van der Waals surface area contributed by atoms with E-state index in [9.17, 15) is 57.9 Å². The quantitative estimate of drug-likeness (QED) is 0.151. The Kier molecular flexibility index (Phi) is 8.26. The van der Waals surface area contributed by atoms with Gasteiger partial charge in [-0.25, -0.2) is 0 Å². The summed E-state index contributed by atoms with van der Waals surface area (Å²) < 4.78 is 86.0. The molecule has 8 nitrogen and oxygen atoms in total. The van der Waals surface area contributed by atoms with Gasteiger partial charge in [-0.15, -0.1) is 26.3 Å². The summed E-state index contributed by atoms with van der Waals surface area (Å²) in [5.41, 5.74) is 0.262. The second kappa shape index (κ2) is 12.6. The minimum atomic E-state index is -5.02. The molecule has 0 radical (unpaired) electrons. The van der Waals surface area contributed by atoms with Crippen LogP contribution in [0.2, 0.25) is 0 Å². The first-order chi connectivity index (χ1) is 24.7. The Morgan fingerprint density at radius 3 is 1.13 bits per heavy atom. The maximum absolute atomic E-state index is 13.0. The van der Waals surface area contributed by atoms with Gasteiger partial charge in [0.05, 0.1) is 11.1 Å². The number of benzene rings is 4. The topological polar surface area (TPSA) is 161 Å². The number of nitrogens with zero attached hydrogens (tertiary/aromatic N) is 6. The Balaban J connectivity index is 1.52. The van der Waals surface area contributed by atoms with Crippen molar-refractivity contribution in [2.75, 3.05) is 0 Å². The van der Waals surface area contributed by atoms with E-state index in [1.807, 2.05) is 12.1 Å². The summed E-state index contributed by atoms with van der Waals surface area (Å²) in [5.74, 6) is -1.23. The highest BCUT2D eigenvalue weighted by Gasteiger charge is 2.36. The standard InChI is InChI=1S/C38H12F6N6O2/c39-37(40,41)51-25-5-7-27-29(11-25)31(17-49)33(35(27)23(13-45)14-46)21-3-1-19-9-22(4-2-20(19)10-21)34-32(18-50)30-12-26(52-38(42,43)44)6-8-28(30)36(34)24(15-47)16-48/h1-12H. The van der Waals surface area contributed by atoms with Gasteiger partial charge in [-0.3, -0.25) is 0 Å². The van der Waals surface area contributed by atoms with E-state index in [0.717, 1.165) is 24.3 Å². The van der Waals surface area contributed by atoms with Gasteiger partial charge < -0.3 is 9.47 Å². The van der Waals surface area contributed by atoms with E-state index in [4.69, 9.17) is 0 Å². The minimum absolute atomic E-state index is 0.0124. The van der Waals surface area contributed by atoms with E-state index in [0.29, 0.717) is 21.9 Å². The Morgan fingerprint density at radius 2 is 0.827 bits per heavy atom. The van der Waals surface area contributed by atoms with Crippen molar-refractivity contribution in [2.45, 2.75) is 12.7 Å². The van der Waals surface area contributed by atoms with Crippen molar-refractivity contribution in [3.05, 3.63) is 117 Å². The molecule has 0 fully saturated rings. The third-order valence-corrected chi connectivity index (χ3v) is 8.11. The molecule has 2 aliphatic carbocycles. The molecular weight excluding hydrogens is 686 g/mol. The fourth-order valence-electron chi connectivity index (χ4n) is 6.24. The van der Waals surface area contributed by atoms with Crippen LogP contribution in [0.3, 0.4) is 0 Å². The van der Waals surface area contributed by atoms with Crippen molar-refractivity contribution >= 4 is 44.2 Å². The second-order valence-electron chi connectivity index (χ2n) is 11.0. The van der Waals surface area contributed by atoms with E-state index in [2.05, 4.69) is 9.47 Å². The fourth-order valence-corrected chi connectivity index (χ4v) is 6.24. The molecule has 0 heterocycles. The predicted octanol–water partition coefficient (Wildman–Crippen LogP) is 9.13. The van der Waals surface area contributed by atoms with Crippen LogP contribution in [-0.2, 0) is 0 Å². The maximum Gasteiger partial charge on any atom is 0.573 e. The predicted molar refractivity (Wildman–Crippen MR) is 171 cm³/mol. The SMILES string of the molecule is N#CC(C#N)=C1C(c2ccc3cc(C4=C(C#N)c5cc(OC(F)(F)F)ccc5C4=C(C#N)C#N)ccc3c2)=C(C#N)c2cc(OC(F)(F)F)ccc21. The van der Waals surface area contributed by atoms with E-state index < -0.39 is 35.4 Å². The number of hydrogen-bond donors (Lipinski definition) is 0. The van der Waals surface area contributed by atoms with Gasteiger partial charge in [-0.05, 0) is 81.6 Å². The molecule has 4 aromatic carbocycles. The lowest BCUT2D eigenvalue weighted by Crippen LogP contribution is -2.17. The van der Waals surface area contributed by atoms with Gasteiger partial charge in [0, 0.05) is 33.4 Å². The van der Waals surface area contributed by atoms with Crippen molar-refractivity contribution in [3.63, 3.8) is 0 Å². The molecule has 6 rings (SSSR count). The summed E-state index contributed by atoms with van der Waals surface area (Å²) in [7, 11) is 0. The summed E-state index contributed by atoms with van der Waals surface area (Å²) in [6.07, 6.45) is -10.0. The molecule has 0 aromatic heterocycles. The Hall–Kier alpha value is -7.78. The van der Waals surface area contributed by atoms with Crippen LogP contribution in [0.15, 0.2) is 83.9 Å². The minimum Gasteiger partial charge on any atom is -0.406 e. The third-order valence-electron chi connectivity index (χ3n) is 8.11. The van der Waals surface area contributed by atoms with Gasteiger partial charge in [-0.2, -0.15) is 31.6 Å². The highest BCUT2D eigenvalue weighted by Crippen LogP contribution is 2.51. The van der Waals surface area contributed by atoms with E-state index in [1.54, 1.807) is 60.7 Å². The Labute approximate surface area is 289 Å². The maximum atomic E-state index is 13.0. The van der Waals surface area contributed by atoms with Crippen LogP contribution in [0.5, 0.6) is 11.5 Å².